The van der Waals surface area contributed by atoms with Gasteiger partial charge in [-0.25, -0.2) is 9.71 Å². The van der Waals surface area contributed by atoms with E-state index in [-0.39, 0.29) is 5.03 Å². The van der Waals surface area contributed by atoms with E-state index in [1.54, 1.807) is 41.4 Å². The Morgan fingerprint density at radius 3 is 2.43 bits per heavy atom. The summed E-state index contributed by atoms with van der Waals surface area (Å²) in [6.45, 7) is 1.90. The molecular weight excluding hydrogens is 582 g/mol. The van der Waals surface area contributed by atoms with Crippen LogP contribution in [0.25, 0.3) is 0 Å². The van der Waals surface area contributed by atoms with E-state index in [1.165, 1.54) is 6.07 Å². The summed E-state index contributed by atoms with van der Waals surface area (Å²) < 4.78 is 34.8. The van der Waals surface area contributed by atoms with Gasteiger partial charge in [0.1, 0.15) is 11.4 Å². The summed E-state index contributed by atoms with van der Waals surface area (Å²) >= 11 is 6.56. The third-order valence-corrected chi connectivity index (χ3v) is 9.66. The van der Waals surface area contributed by atoms with Crippen molar-refractivity contribution in [3.8, 4) is 5.75 Å². The molecule has 11 nitrogen and oxygen atoms in total. The average molecular weight is 614 g/mol. The number of piperidine rings is 1. The van der Waals surface area contributed by atoms with Gasteiger partial charge in [0.05, 0.1) is 22.5 Å². The number of para-hydroxylation sites is 1. The summed E-state index contributed by atoms with van der Waals surface area (Å²) in [5, 5.41) is 21.1. The summed E-state index contributed by atoms with van der Waals surface area (Å²) in [4.78, 5) is 25.8. The molecule has 1 atom stereocenters. The number of carbonyl (C=O) groups is 1. The number of carbonyl (C=O) groups excluding carboxylic acids is 1. The van der Waals surface area contributed by atoms with E-state index in [0.29, 0.717) is 86.3 Å². The Balaban J connectivity index is 1.17. The molecule has 1 saturated carbocycles. The zero-order valence-corrected chi connectivity index (χ0v) is 24.4. The van der Waals surface area contributed by atoms with Crippen LogP contribution in [0, 0.1) is 0 Å². The molecule has 2 aliphatic heterocycles. The van der Waals surface area contributed by atoms with Crippen molar-refractivity contribution in [2.24, 2.45) is 0 Å². The maximum Gasteiger partial charge on any atom is 0.281 e. The fourth-order valence-electron chi connectivity index (χ4n) is 5.49. The van der Waals surface area contributed by atoms with Crippen molar-refractivity contribution in [1.82, 2.24) is 14.7 Å². The maximum absolute atomic E-state index is 13.4. The first-order valence-electron chi connectivity index (χ1n) is 13.9. The number of halogens is 1. The fourth-order valence-corrected chi connectivity index (χ4v) is 6.70. The van der Waals surface area contributed by atoms with Crippen LogP contribution in [0.4, 0.5) is 11.5 Å². The second-order valence-corrected chi connectivity index (χ2v) is 13.1. The minimum atomic E-state index is -4.30. The highest BCUT2D eigenvalue weighted by Crippen LogP contribution is 2.47. The van der Waals surface area contributed by atoms with E-state index in [9.17, 15) is 23.4 Å². The monoisotopic (exact) mass is 613 g/mol. The van der Waals surface area contributed by atoms with E-state index >= 15 is 0 Å². The summed E-state index contributed by atoms with van der Waals surface area (Å²) in [5.41, 5.74) is -1.16. The van der Waals surface area contributed by atoms with Crippen LogP contribution in [0.2, 0.25) is 5.02 Å². The van der Waals surface area contributed by atoms with Crippen molar-refractivity contribution in [1.29, 1.82) is 0 Å². The van der Waals surface area contributed by atoms with Crippen molar-refractivity contribution < 1.29 is 28.2 Å². The number of aliphatic hydroxyl groups is 2. The van der Waals surface area contributed by atoms with E-state index < -0.39 is 33.2 Å². The molecule has 6 rings (SSSR count). The van der Waals surface area contributed by atoms with Gasteiger partial charge in [-0.2, -0.15) is 8.42 Å². The third-order valence-electron chi connectivity index (χ3n) is 8.13. The van der Waals surface area contributed by atoms with Crippen molar-refractivity contribution in [2.75, 3.05) is 36.0 Å². The minimum Gasteiger partial charge on any atom is -0.474 e. The number of pyridine rings is 2. The van der Waals surface area contributed by atoms with Gasteiger partial charge in [-0.3, -0.25) is 9.78 Å². The third kappa shape index (κ3) is 5.63. The molecule has 1 amide bonds. The summed E-state index contributed by atoms with van der Waals surface area (Å²) in [6.07, 6.45) is 3.24. The number of β-amino-alcohol motifs (C(OH)–C–C–N with tert-alkyl or cyclic N) is 1. The quantitative estimate of drug-likeness (QED) is 0.347. The van der Waals surface area contributed by atoms with E-state index in [2.05, 4.69) is 14.7 Å². The molecule has 1 unspecified atom stereocenters. The largest absolute Gasteiger partial charge is 0.474 e. The first-order chi connectivity index (χ1) is 20.1. The van der Waals surface area contributed by atoms with Crippen LogP contribution in [0.3, 0.4) is 0 Å². The molecule has 3 aliphatic rings. The molecule has 0 spiro atoms. The zero-order chi connectivity index (χ0) is 29.5. The molecule has 1 aliphatic carbocycles. The van der Waals surface area contributed by atoms with Crippen molar-refractivity contribution in [3.63, 3.8) is 0 Å². The number of aromatic nitrogens is 2. The lowest BCUT2D eigenvalue weighted by atomic mass is 9.87. The Morgan fingerprint density at radius 1 is 1.00 bits per heavy atom. The minimum absolute atomic E-state index is 0.292. The van der Waals surface area contributed by atoms with Gasteiger partial charge in [0, 0.05) is 45.2 Å². The predicted octanol–water partition coefficient (Wildman–Crippen LogP) is 2.61. The molecule has 0 radical (unpaired) electrons. The SMILES string of the molecule is O=C(NS(=O)(=O)c1cccc(N2CCC(O)C2)n1)C1(Oc2c(Cl)cccc2N2CCC(O)(c3ccccn3)CC2)CC1. The maximum atomic E-state index is 13.4. The molecule has 0 bridgehead atoms. The fraction of sp³-hybridized carbons (Fsp3) is 0.414. The van der Waals surface area contributed by atoms with Crippen LogP contribution in [-0.4, -0.2) is 72.4 Å². The molecule has 222 valence electrons. The van der Waals surface area contributed by atoms with Gasteiger partial charge < -0.3 is 24.7 Å². The summed E-state index contributed by atoms with van der Waals surface area (Å²) in [5.74, 6) is -0.0861. The number of sulfonamides is 1. The molecule has 3 fully saturated rings. The lowest BCUT2D eigenvalue weighted by Gasteiger charge is -2.39. The Hall–Kier alpha value is -3.45. The van der Waals surface area contributed by atoms with Crippen LogP contribution < -0.4 is 19.3 Å². The molecule has 42 heavy (non-hydrogen) atoms. The van der Waals surface area contributed by atoms with Gasteiger partial charge in [-0.05, 0) is 55.7 Å². The Kier molecular flexibility index (Phi) is 7.50. The predicted molar refractivity (Wildman–Crippen MR) is 156 cm³/mol. The van der Waals surface area contributed by atoms with Crippen LogP contribution >= 0.6 is 11.6 Å². The number of benzene rings is 1. The molecule has 3 aromatic rings. The van der Waals surface area contributed by atoms with Gasteiger partial charge in [0.25, 0.3) is 15.9 Å². The normalized spacial score (nSPS) is 21.2. The smallest absolute Gasteiger partial charge is 0.281 e. The van der Waals surface area contributed by atoms with Crippen molar-refractivity contribution in [2.45, 2.75) is 54.4 Å². The average Bonchev–Trinajstić information content (AvgIpc) is 3.66. The topological polar surface area (TPSA) is 145 Å². The van der Waals surface area contributed by atoms with Gasteiger partial charge in [0.15, 0.2) is 16.4 Å². The second-order valence-electron chi connectivity index (χ2n) is 11.1. The van der Waals surface area contributed by atoms with Crippen molar-refractivity contribution in [3.05, 3.63) is 71.5 Å². The summed E-state index contributed by atoms with van der Waals surface area (Å²) in [7, 11) is -4.30. The molecular formula is C29H32ClN5O6S. The molecule has 4 heterocycles. The number of hydrogen-bond donors (Lipinski definition) is 3. The highest BCUT2D eigenvalue weighted by molar-refractivity contribution is 7.90. The van der Waals surface area contributed by atoms with Crippen LogP contribution in [0.1, 0.15) is 37.8 Å². The van der Waals surface area contributed by atoms with E-state index in [1.807, 2.05) is 23.1 Å². The Morgan fingerprint density at radius 2 is 1.76 bits per heavy atom. The van der Waals surface area contributed by atoms with Gasteiger partial charge >= 0.3 is 0 Å². The number of rotatable bonds is 8. The number of hydrogen-bond acceptors (Lipinski definition) is 10. The number of aliphatic hydroxyl groups excluding tert-OH is 1. The number of nitrogens with one attached hydrogen (secondary N) is 1. The molecule has 1 aromatic carbocycles. The zero-order valence-electron chi connectivity index (χ0n) is 22.8. The lowest BCUT2D eigenvalue weighted by molar-refractivity contribution is -0.127. The van der Waals surface area contributed by atoms with Gasteiger partial charge in [-0.15, -0.1) is 0 Å². The van der Waals surface area contributed by atoms with Crippen LogP contribution in [0.15, 0.2) is 65.8 Å². The highest BCUT2D eigenvalue weighted by atomic mass is 35.5. The van der Waals surface area contributed by atoms with Crippen LogP contribution in [-0.2, 0) is 20.4 Å². The Labute approximate surface area is 249 Å². The highest BCUT2D eigenvalue weighted by Gasteiger charge is 2.55. The van der Waals surface area contributed by atoms with Gasteiger partial charge in [-0.1, -0.05) is 29.8 Å². The molecule has 13 heteroatoms. The van der Waals surface area contributed by atoms with E-state index in [0.717, 1.165) is 0 Å². The van der Waals surface area contributed by atoms with Crippen molar-refractivity contribution >= 4 is 39.0 Å². The Bertz CT molecular complexity index is 1580. The lowest BCUT2D eigenvalue weighted by Crippen LogP contribution is -2.45. The number of anilines is 2. The standard InChI is InChI=1S/C29H32ClN5O6S/c30-21-5-3-6-22(34-17-13-28(38,14-18-34)23-7-1-2-15-31-23)26(21)41-29(11-12-29)27(37)33-42(39,40)25-9-4-8-24(32-25)35-16-10-20(36)19-35/h1-9,15,20,36,38H,10-14,16-19H2,(H,33,37). The first kappa shape index (κ1) is 28.7. The summed E-state index contributed by atoms with van der Waals surface area (Å²) in [6, 6.07) is 15.3. The first-order valence-corrected chi connectivity index (χ1v) is 15.8. The second kappa shape index (κ2) is 11.0. The molecule has 2 aromatic heterocycles. The number of ether oxygens (including phenoxy) is 1. The molecule has 2 saturated heterocycles. The van der Waals surface area contributed by atoms with Gasteiger partial charge in [0.2, 0.25) is 0 Å². The van der Waals surface area contributed by atoms with Crippen LogP contribution in [0.5, 0.6) is 5.75 Å². The number of amides is 1. The molecule has 3 N–H and O–H groups in total. The number of nitrogens with zero attached hydrogens (tertiary/aromatic N) is 4. The van der Waals surface area contributed by atoms with E-state index in [4.69, 9.17) is 16.3 Å².